The summed E-state index contributed by atoms with van der Waals surface area (Å²) in [5.74, 6) is -0.289. The molecule has 1 aliphatic rings. The number of carbonyl (C=O) groups is 2. The topological polar surface area (TPSA) is 84.9 Å². The molecule has 1 aliphatic heterocycles. The molecule has 1 unspecified atom stereocenters. The number of hydrogen-bond donors (Lipinski definition) is 2. The first-order chi connectivity index (χ1) is 17.6. The number of ether oxygens (including phenoxy) is 2. The first-order valence-electron chi connectivity index (χ1n) is 15.3. The van der Waals surface area contributed by atoms with Gasteiger partial charge in [-0.1, -0.05) is 97.3 Å². The molecule has 0 aromatic carbocycles. The van der Waals surface area contributed by atoms with Crippen LogP contribution in [0.5, 0.6) is 0 Å². The summed E-state index contributed by atoms with van der Waals surface area (Å²) in [6.45, 7) is 5.38. The third kappa shape index (κ3) is 18.2. The molecule has 1 rings (SSSR count). The van der Waals surface area contributed by atoms with Crippen LogP contribution in [0.1, 0.15) is 149 Å². The van der Waals surface area contributed by atoms with Gasteiger partial charge >= 0.3 is 11.9 Å². The van der Waals surface area contributed by atoms with Crippen LogP contribution in [0.15, 0.2) is 0 Å². The minimum absolute atomic E-state index is 0.0304. The molecule has 6 heteroatoms. The molecule has 2 atom stereocenters. The van der Waals surface area contributed by atoms with Gasteiger partial charge in [-0.25, -0.2) is 0 Å². The van der Waals surface area contributed by atoms with Crippen molar-refractivity contribution in [1.82, 2.24) is 5.32 Å². The molecule has 0 amide bonds. The minimum atomic E-state index is -0.449. The summed E-state index contributed by atoms with van der Waals surface area (Å²) >= 11 is 0. The highest BCUT2D eigenvalue weighted by atomic mass is 16.5. The van der Waals surface area contributed by atoms with Crippen LogP contribution in [0.3, 0.4) is 0 Å². The van der Waals surface area contributed by atoms with Crippen LogP contribution < -0.4 is 5.32 Å². The molecule has 0 radical (unpaired) electrons. The van der Waals surface area contributed by atoms with Crippen molar-refractivity contribution in [2.45, 2.75) is 167 Å². The van der Waals surface area contributed by atoms with Gasteiger partial charge in [0.05, 0.1) is 12.7 Å². The van der Waals surface area contributed by atoms with E-state index in [0.717, 1.165) is 44.9 Å². The van der Waals surface area contributed by atoms with Crippen LogP contribution in [-0.2, 0) is 19.1 Å². The van der Waals surface area contributed by atoms with Gasteiger partial charge in [0.1, 0.15) is 12.1 Å². The highest BCUT2D eigenvalue weighted by Gasteiger charge is 2.29. The number of aliphatic hydroxyl groups excluding tert-OH is 1. The van der Waals surface area contributed by atoms with Gasteiger partial charge < -0.3 is 19.9 Å². The van der Waals surface area contributed by atoms with Crippen LogP contribution in [-0.4, -0.2) is 48.4 Å². The number of esters is 2. The molecule has 1 saturated heterocycles. The molecule has 0 bridgehead atoms. The number of rotatable bonds is 24. The molecule has 1 fully saturated rings. The van der Waals surface area contributed by atoms with Crippen LogP contribution in [0.25, 0.3) is 0 Å². The molecule has 6 nitrogen and oxygen atoms in total. The Hall–Kier alpha value is -1.14. The molecular formula is C30H57NO5. The Labute approximate surface area is 221 Å². The van der Waals surface area contributed by atoms with Crippen molar-refractivity contribution in [3.8, 4) is 0 Å². The lowest BCUT2D eigenvalue weighted by molar-refractivity contribution is -0.150. The summed E-state index contributed by atoms with van der Waals surface area (Å²) in [5.41, 5.74) is 0. The third-order valence-electron chi connectivity index (χ3n) is 7.22. The highest BCUT2D eigenvalue weighted by Crippen LogP contribution is 2.18. The van der Waals surface area contributed by atoms with Crippen LogP contribution in [0.2, 0.25) is 0 Å². The standard InChI is InChI=1S/C30H57NO5/c1-3-5-7-9-12-16-20-27(21-17-13-10-8-6-4-2)36-29(33)22-18-14-11-15-19-23-35-30(34)28-24-26(32)25-31-28/h26-28,31-32H,3-25H2,1-2H3/t26?,28-/m0/s1. The summed E-state index contributed by atoms with van der Waals surface area (Å²) in [6, 6.07) is -0.364. The van der Waals surface area contributed by atoms with Crippen molar-refractivity contribution in [3.63, 3.8) is 0 Å². The van der Waals surface area contributed by atoms with Crippen LogP contribution >= 0.6 is 0 Å². The Balaban J connectivity index is 2.11. The molecule has 212 valence electrons. The summed E-state index contributed by atoms with van der Waals surface area (Å²) in [7, 11) is 0. The second-order valence-electron chi connectivity index (χ2n) is 10.8. The van der Waals surface area contributed by atoms with E-state index in [0.29, 0.717) is 26.0 Å². The van der Waals surface area contributed by atoms with Gasteiger partial charge in [-0.15, -0.1) is 0 Å². The number of nitrogens with one attached hydrogen (secondary N) is 1. The van der Waals surface area contributed by atoms with Gasteiger partial charge in [-0.05, 0) is 38.5 Å². The van der Waals surface area contributed by atoms with Crippen molar-refractivity contribution in [3.05, 3.63) is 0 Å². The molecular weight excluding hydrogens is 454 g/mol. The fraction of sp³-hybridized carbons (Fsp3) is 0.933. The Morgan fingerprint density at radius 3 is 1.86 bits per heavy atom. The summed E-state index contributed by atoms with van der Waals surface area (Å²) in [6.07, 6.45) is 22.6. The van der Waals surface area contributed by atoms with Gasteiger partial charge in [0.25, 0.3) is 0 Å². The monoisotopic (exact) mass is 511 g/mol. The second kappa shape index (κ2) is 23.0. The van der Waals surface area contributed by atoms with Crippen molar-refractivity contribution in [1.29, 1.82) is 0 Å². The molecule has 0 aliphatic carbocycles. The second-order valence-corrected chi connectivity index (χ2v) is 10.8. The number of unbranched alkanes of at least 4 members (excludes halogenated alkanes) is 14. The van der Waals surface area contributed by atoms with E-state index in [1.165, 1.54) is 77.0 Å². The van der Waals surface area contributed by atoms with Gasteiger partial charge in [0.2, 0.25) is 0 Å². The summed E-state index contributed by atoms with van der Waals surface area (Å²) in [5, 5.41) is 12.4. The quantitative estimate of drug-likeness (QED) is 0.107. The Morgan fingerprint density at radius 1 is 0.778 bits per heavy atom. The number of carbonyl (C=O) groups excluding carboxylic acids is 2. The molecule has 2 N–H and O–H groups in total. The summed E-state index contributed by atoms with van der Waals surface area (Å²) < 4.78 is 11.2. The zero-order valence-electron chi connectivity index (χ0n) is 23.6. The third-order valence-corrected chi connectivity index (χ3v) is 7.22. The average Bonchev–Trinajstić information content (AvgIpc) is 3.31. The SMILES string of the molecule is CCCCCCCCC(CCCCCCCC)OC(=O)CCCCCCCOC(=O)[C@@H]1CC(O)CN1. The van der Waals surface area contributed by atoms with Gasteiger partial charge in [0, 0.05) is 19.4 Å². The van der Waals surface area contributed by atoms with E-state index in [2.05, 4.69) is 19.2 Å². The Bertz CT molecular complexity index is 525. The van der Waals surface area contributed by atoms with Gasteiger partial charge in [-0.2, -0.15) is 0 Å². The molecule has 36 heavy (non-hydrogen) atoms. The number of hydrogen-bond acceptors (Lipinski definition) is 6. The first-order valence-corrected chi connectivity index (χ1v) is 15.3. The van der Waals surface area contributed by atoms with Crippen molar-refractivity contribution in [2.75, 3.05) is 13.2 Å². The van der Waals surface area contributed by atoms with E-state index in [9.17, 15) is 14.7 Å². The Morgan fingerprint density at radius 2 is 1.31 bits per heavy atom. The fourth-order valence-electron chi connectivity index (χ4n) is 4.88. The zero-order chi connectivity index (χ0) is 26.3. The highest BCUT2D eigenvalue weighted by molar-refractivity contribution is 5.76. The largest absolute Gasteiger partial charge is 0.465 e. The van der Waals surface area contributed by atoms with E-state index in [-0.39, 0.29) is 24.1 Å². The van der Waals surface area contributed by atoms with Crippen LogP contribution in [0, 0.1) is 0 Å². The number of aliphatic hydroxyl groups is 1. The maximum absolute atomic E-state index is 12.5. The Kier molecular flexibility index (Phi) is 21.0. The van der Waals surface area contributed by atoms with E-state index in [1.54, 1.807) is 0 Å². The maximum Gasteiger partial charge on any atom is 0.323 e. The molecule has 1 heterocycles. The lowest BCUT2D eigenvalue weighted by atomic mass is 10.0. The fourth-order valence-corrected chi connectivity index (χ4v) is 4.88. The van der Waals surface area contributed by atoms with Crippen molar-refractivity contribution >= 4 is 11.9 Å². The molecule has 0 saturated carbocycles. The van der Waals surface area contributed by atoms with Gasteiger partial charge in [0.15, 0.2) is 0 Å². The maximum atomic E-state index is 12.5. The van der Waals surface area contributed by atoms with E-state index >= 15 is 0 Å². The predicted octanol–water partition coefficient (Wildman–Crippen LogP) is 7.01. The predicted molar refractivity (Wildman–Crippen MR) is 147 cm³/mol. The normalized spacial score (nSPS) is 17.6. The molecule has 0 aromatic rings. The molecule has 0 spiro atoms. The first kappa shape index (κ1) is 32.9. The zero-order valence-corrected chi connectivity index (χ0v) is 23.6. The van der Waals surface area contributed by atoms with Crippen molar-refractivity contribution in [2.24, 2.45) is 0 Å². The number of β-amino-alcohol motifs (C(OH)–C–C–N with tert-alkyl or cyclic N) is 1. The minimum Gasteiger partial charge on any atom is -0.465 e. The average molecular weight is 512 g/mol. The van der Waals surface area contributed by atoms with E-state index in [1.807, 2.05) is 0 Å². The molecule has 0 aromatic heterocycles. The van der Waals surface area contributed by atoms with E-state index in [4.69, 9.17) is 9.47 Å². The van der Waals surface area contributed by atoms with Crippen molar-refractivity contribution < 1.29 is 24.2 Å². The lowest BCUT2D eigenvalue weighted by Gasteiger charge is -2.18. The lowest BCUT2D eigenvalue weighted by Crippen LogP contribution is -2.32. The smallest absolute Gasteiger partial charge is 0.323 e. The van der Waals surface area contributed by atoms with Crippen LogP contribution in [0.4, 0.5) is 0 Å². The van der Waals surface area contributed by atoms with Gasteiger partial charge in [-0.3, -0.25) is 9.59 Å². The van der Waals surface area contributed by atoms with E-state index < -0.39 is 6.10 Å². The summed E-state index contributed by atoms with van der Waals surface area (Å²) in [4.78, 5) is 24.3.